The first kappa shape index (κ1) is 14.8. The van der Waals surface area contributed by atoms with Crippen molar-refractivity contribution in [3.63, 3.8) is 0 Å². The summed E-state index contributed by atoms with van der Waals surface area (Å²) in [6, 6.07) is 0. The molecule has 0 aliphatic carbocycles. The topological polar surface area (TPSA) is 33.6 Å². The smallest absolute Gasteiger partial charge is 0.156 e. The molecule has 0 saturated heterocycles. The highest BCUT2D eigenvalue weighted by molar-refractivity contribution is 8.14. The van der Waals surface area contributed by atoms with Crippen molar-refractivity contribution in [2.75, 3.05) is 26.3 Å². The van der Waals surface area contributed by atoms with Gasteiger partial charge in [0.15, 0.2) is 5.17 Å². The van der Waals surface area contributed by atoms with Gasteiger partial charge in [0.1, 0.15) is 0 Å². The number of hydrogen-bond acceptors (Lipinski definition) is 4. The Kier molecular flexibility index (Phi) is 7.69. The highest BCUT2D eigenvalue weighted by atomic mass is 32.2. The van der Waals surface area contributed by atoms with E-state index >= 15 is 0 Å². The van der Waals surface area contributed by atoms with E-state index in [2.05, 4.69) is 24.2 Å². The van der Waals surface area contributed by atoms with E-state index in [-0.39, 0.29) is 0 Å². The van der Waals surface area contributed by atoms with Gasteiger partial charge in [-0.15, -0.1) is 0 Å². The van der Waals surface area contributed by atoms with E-state index in [1.807, 2.05) is 18.7 Å². The maximum Gasteiger partial charge on any atom is 0.156 e. The second kappa shape index (κ2) is 8.81. The lowest BCUT2D eigenvalue weighted by Crippen LogP contribution is -2.23. The number of amidine groups is 1. The number of hydrogen-bond donors (Lipinski definition) is 1. The summed E-state index contributed by atoms with van der Waals surface area (Å²) >= 11 is 1.93. The zero-order valence-electron chi connectivity index (χ0n) is 11.4. The zero-order valence-corrected chi connectivity index (χ0v) is 12.2. The summed E-state index contributed by atoms with van der Waals surface area (Å²) in [4.78, 5) is 4.58. The molecule has 1 atom stereocenters. The molecule has 0 saturated carbocycles. The molecule has 1 rings (SSSR count). The maximum absolute atomic E-state index is 5.31. The molecule has 0 amide bonds. The largest absolute Gasteiger partial charge is 0.382 e. The number of ether oxygens (including phenoxy) is 1. The number of thioether (sulfide) groups is 1. The van der Waals surface area contributed by atoms with Crippen LogP contribution in [0.2, 0.25) is 0 Å². The van der Waals surface area contributed by atoms with Crippen molar-refractivity contribution in [1.82, 2.24) is 5.32 Å². The molecule has 1 aliphatic heterocycles. The Balaban J connectivity index is 2.12. The molecular formula is C13H26N2OS. The van der Waals surface area contributed by atoms with Crippen LogP contribution in [-0.2, 0) is 4.74 Å². The lowest BCUT2D eigenvalue weighted by Gasteiger charge is -2.18. The van der Waals surface area contributed by atoms with Gasteiger partial charge in [-0.2, -0.15) is 0 Å². The Morgan fingerprint density at radius 2 is 2.18 bits per heavy atom. The summed E-state index contributed by atoms with van der Waals surface area (Å²) in [6.07, 6.45) is 3.59. The molecule has 0 aromatic heterocycles. The highest BCUT2D eigenvalue weighted by Gasteiger charge is 2.25. The first-order valence-electron chi connectivity index (χ1n) is 6.84. The molecule has 100 valence electrons. The van der Waals surface area contributed by atoms with Crippen LogP contribution in [0.3, 0.4) is 0 Å². The Morgan fingerprint density at radius 3 is 2.82 bits per heavy atom. The predicted molar refractivity (Wildman–Crippen MR) is 76.9 cm³/mol. The first-order chi connectivity index (χ1) is 8.31. The van der Waals surface area contributed by atoms with Gasteiger partial charge in [0.05, 0.1) is 6.54 Å². The Labute approximate surface area is 110 Å². The van der Waals surface area contributed by atoms with E-state index in [1.54, 1.807) is 0 Å². The third kappa shape index (κ3) is 5.30. The van der Waals surface area contributed by atoms with Crippen molar-refractivity contribution >= 4 is 16.9 Å². The van der Waals surface area contributed by atoms with Crippen molar-refractivity contribution in [3.8, 4) is 0 Å². The van der Waals surface area contributed by atoms with Crippen molar-refractivity contribution in [2.45, 2.75) is 45.3 Å². The van der Waals surface area contributed by atoms with Gasteiger partial charge in [-0.1, -0.05) is 38.5 Å². The van der Waals surface area contributed by atoms with Crippen LogP contribution in [0.4, 0.5) is 0 Å². The number of rotatable bonds is 8. The summed E-state index contributed by atoms with van der Waals surface area (Å²) in [5, 5.41) is 5.24. The molecule has 0 spiro atoms. The highest BCUT2D eigenvalue weighted by Crippen LogP contribution is 2.30. The van der Waals surface area contributed by atoms with Crippen LogP contribution in [0, 0.1) is 5.92 Å². The van der Waals surface area contributed by atoms with Crippen molar-refractivity contribution in [1.29, 1.82) is 0 Å². The normalized spacial score (nSPS) is 19.8. The van der Waals surface area contributed by atoms with Crippen molar-refractivity contribution in [3.05, 3.63) is 0 Å². The number of nitrogens with one attached hydrogen (secondary N) is 1. The van der Waals surface area contributed by atoms with E-state index in [0.717, 1.165) is 43.8 Å². The fourth-order valence-electron chi connectivity index (χ4n) is 2.06. The Hall–Kier alpha value is -0.220. The van der Waals surface area contributed by atoms with Gasteiger partial charge in [-0.3, -0.25) is 4.99 Å². The molecule has 1 aliphatic rings. The summed E-state index contributed by atoms with van der Waals surface area (Å²) in [5.41, 5.74) is 0. The quantitative estimate of drug-likeness (QED) is 0.680. The van der Waals surface area contributed by atoms with E-state index in [1.165, 1.54) is 12.8 Å². The average molecular weight is 258 g/mol. The molecule has 0 aromatic rings. The summed E-state index contributed by atoms with van der Waals surface area (Å²) in [5.74, 6) is 0.812. The minimum Gasteiger partial charge on any atom is -0.382 e. The molecule has 3 nitrogen and oxygen atoms in total. The van der Waals surface area contributed by atoms with Gasteiger partial charge in [0.25, 0.3) is 0 Å². The minimum atomic E-state index is 0.694. The standard InChI is InChI=1S/C13H26N2OS/c1-4-11(5-2)12-10-15-13(17-12)14-8-7-9-16-6-3/h11-12H,4-10H2,1-3H3,(H,14,15). The molecular weight excluding hydrogens is 232 g/mol. The van der Waals surface area contributed by atoms with E-state index in [0.29, 0.717) is 5.25 Å². The first-order valence-corrected chi connectivity index (χ1v) is 7.72. The van der Waals surface area contributed by atoms with Crippen LogP contribution in [0.1, 0.15) is 40.0 Å². The molecule has 1 heterocycles. The molecule has 17 heavy (non-hydrogen) atoms. The number of nitrogens with zero attached hydrogens (tertiary/aromatic N) is 1. The maximum atomic E-state index is 5.31. The van der Waals surface area contributed by atoms with Crippen LogP contribution in [-0.4, -0.2) is 36.7 Å². The minimum absolute atomic E-state index is 0.694. The fraction of sp³-hybridized carbons (Fsp3) is 0.923. The Morgan fingerprint density at radius 1 is 1.41 bits per heavy atom. The molecule has 0 aromatic carbocycles. The molecule has 1 N–H and O–H groups in total. The lowest BCUT2D eigenvalue weighted by molar-refractivity contribution is 0.146. The number of aliphatic imine (C=N–C) groups is 1. The lowest BCUT2D eigenvalue weighted by atomic mass is 9.99. The van der Waals surface area contributed by atoms with Crippen LogP contribution in [0.5, 0.6) is 0 Å². The van der Waals surface area contributed by atoms with E-state index in [9.17, 15) is 0 Å². The van der Waals surface area contributed by atoms with Crippen LogP contribution in [0.15, 0.2) is 4.99 Å². The van der Waals surface area contributed by atoms with Gasteiger partial charge >= 0.3 is 0 Å². The monoisotopic (exact) mass is 258 g/mol. The summed E-state index contributed by atoms with van der Waals surface area (Å²) < 4.78 is 5.31. The van der Waals surface area contributed by atoms with E-state index in [4.69, 9.17) is 4.74 Å². The van der Waals surface area contributed by atoms with Gasteiger partial charge < -0.3 is 10.1 Å². The fourth-order valence-corrected chi connectivity index (χ4v) is 3.41. The SMILES string of the molecule is CCOCCCNC1=NCC(C(CC)CC)S1. The van der Waals surface area contributed by atoms with Gasteiger partial charge in [-0.25, -0.2) is 0 Å². The zero-order chi connectivity index (χ0) is 12.5. The van der Waals surface area contributed by atoms with Crippen molar-refractivity contribution < 1.29 is 4.74 Å². The average Bonchev–Trinajstić information content (AvgIpc) is 2.79. The second-order valence-corrected chi connectivity index (χ2v) is 5.58. The van der Waals surface area contributed by atoms with E-state index < -0.39 is 0 Å². The molecule has 4 heteroatoms. The second-order valence-electron chi connectivity index (χ2n) is 4.36. The van der Waals surface area contributed by atoms with Crippen LogP contribution < -0.4 is 5.32 Å². The van der Waals surface area contributed by atoms with Gasteiger partial charge in [-0.05, 0) is 19.3 Å². The Bertz CT molecular complexity index is 229. The third-order valence-electron chi connectivity index (χ3n) is 3.20. The predicted octanol–water partition coefficient (Wildman–Crippen LogP) is 2.91. The molecule has 1 unspecified atom stereocenters. The van der Waals surface area contributed by atoms with Crippen molar-refractivity contribution in [2.24, 2.45) is 10.9 Å². The molecule has 0 fully saturated rings. The summed E-state index contributed by atoms with van der Waals surface area (Å²) in [6.45, 7) is 10.2. The molecule has 0 bridgehead atoms. The summed E-state index contributed by atoms with van der Waals surface area (Å²) in [7, 11) is 0. The van der Waals surface area contributed by atoms with Gasteiger partial charge in [0.2, 0.25) is 0 Å². The third-order valence-corrected chi connectivity index (χ3v) is 4.53. The van der Waals surface area contributed by atoms with Crippen LogP contribution in [0.25, 0.3) is 0 Å². The molecule has 0 radical (unpaired) electrons. The van der Waals surface area contributed by atoms with Gasteiger partial charge in [0, 0.05) is 25.0 Å². The van der Waals surface area contributed by atoms with Crippen LogP contribution >= 0.6 is 11.8 Å².